The van der Waals surface area contributed by atoms with E-state index in [4.69, 9.17) is 5.73 Å². The summed E-state index contributed by atoms with van der Waals surface area (Å²) in [6, 6.07) is 2.46. The maximum Gasteiger partial charge on any atom is 0.237 e. The van der Waals surface area contributed by atoms with Crippen LogP contribution in [0.5, 0.6) is 0 Å². The lowest BCUT2D eigenvalue weighted by Gasteiger charge is -2.37. The number of hydrogen-bond acceptors (Lipinski definition) is 4. The highest BCUT2D eigenvalue weighted by Gasteiger charge is 2.27. The first-order chi connectivity index (χ1) is 9.78. The van der Waals surface area contributed by atoms with Crippen molar-refractivity contribution >= 4 is 42.1 Å². The average molecular weight is 366 g/mol. The van der Waals surface area contributed by atoms with Gasteiger partial charge in [0.1, 0.15) is 0 Å². The van der Waals surface area contributed by atoms with Gasteiger partial charge in [-0.3, -0.25) is 9.69 Å². The van der Waals surface area contributed by atoms with E-state index in [1.807, 2.05) is 16.2 Å². The highest BCUT2D eigenvalue weighted by Crippen LogP contribution is 2.24. The van der Waals surface area contributed by atoms with Gasteiger partial charge >= 0.3 is 0 Å². The number of hydrogen-bond donors (Lipinski definition) is 1. The van der Waals surface area contributed by atoms with Gasteiger partial charge in [-0.05, 0) is 42.7 Å². The highest BCUT2D eigenvalue weighted by molar-refractivity contribution is 7.10. The van der Waals surface area contributed by atoms with Gasteiger partial charge in [0, 0.05) is 37.1 Å². The Balaban J connectivity index is 0.00000121. The smallest absolute Gasteiger partial charge is 0.237 e. The van der Waals surface area contributed by atoms with Gasteiger partial charge in [-0.15, -0.1) is 36.2 Å². The Morgan fingerprint density at radius 3 is 2.91 bits per heavy atom. The third-order valence-electron chi connectivity index (χ3n) is 4.47. The van der Waals surface area contributed by atoms with E-state index in [-0.39, 0.29) is 36.8 Å². The molecule has 4 nitrogen and oxygen atoms in total. The van der Waals surface area contributed by atoms with Crippen LogP contribution < -0.4 is 5.73 Å². The summed E-state index contributed by atoms with van der Waals surface area (Å²) in [4.78, 5) is 18.3. The molecule has 1 aromatic heterocycles. The van der Waals surface area contributed by atoms with E-state index >= 15 is 0 Å². The first kappa shape index (κ1) is 19.7. The molecule has 3 rings (SSSR count). The SMILES string of the molecule is Cl.Cl.NCC1CCCCN1C(=O)CN1CCc2sccc2C1. The van der Waals surface area contributed by atoms with E-state index in [0.29, 0.717) is 13.1 Å². The molecular weight excluding hydrogens is 341 g/mol. The van der Waals surface area contributed by atoms with Gasteiger partial charge in [0.15, 0.2) is 0 Å². The van der Waals surface area contributed by atoms with Gasteiger partial charge in [0.25, 0.3) is 0 Å². The zero-order chi connectivity index (χ0) is 13.9. The van der Waals surface area contributed by atoms with Gasteiger partial charge in [0.2, 0.25) is 5.91 Å². The molecule has 0 aliphatic carbocycles. The number of carbonyl (C=O) groups is 1. The fraction of sp³-hybridized carbons (Fsp3) is 0.667. The van der Waals surface area contributed by atoms with Gasteiger partial charge in [0.05, 0.1) is 6.54 Å². The van der Waals surface area contributed by atoms with Crippen LogP contribution in [0, 0.1) is 0 Å². The monoisotopic (exact) mass is 365 g/mol. The molecule has 1 amide bonds. The van der Waals surface area contributed by atoms with Crippen LogP contribution in [0.15, 0.2) is 11.4 Å². The molecule has 0 radical (unpaired) electrons. The Bertz CT molecular complexity index is 483. The molecule has 7 heteroatoms. The number of thiophene rings is 1. The molecule has 1 unspecified atom stereocenters. The van der Waals surface area contributed by atoms with Crippen molar-refractivity contribution in [2.24, 2.45) is 5.73 Å². The molecule has 126 valence electrons. The third kappa shape index (κ3) is 4.36. The maximum atomic E-state index is 12.5. The van der Waals surface area contributed by atoms with E-state index in [2.05, 4.69) is 16.3 Å². The summed E-state index contributed by atoms with van der Waals surface area (Å²) in [6.07, 6.45) is 4.47. The largest absolute Gasteiger partial charge is 0.337 e. The molecule has 1 aromatic rings. The number of carbonyl (C=O) groups excluding carboxylic acids is 1. The predicted octanol–water partition coefficient (Wildman–Crippen LogP) is 2.29. The molecule has 0 bridgehead atoms. The summed E-state index contributed by atoms with van der Waals surface area (Å²) >= 11 is 1.84. The molecule has 1 fully saturated rings. The number of halogens is 2. The first-order valence-corrected chi connectivity index (χ1v) is 8.43. The molecule has 22 heavy (non-hydrogen) atoms. The Morgan fingerprint density at radius 2 is 2.14 bits per heavy atom. The van der Waals surface area contributed by atoms with Crippen molar-refractivity contribution in [3.8, 4) is 0 Å². The van der Waals surface area contributed by atoms with Gasteiger partial charge in [-0.1, -0.05) is 0 Å². The van der Waals surface area contributed by atoms with Crippen molar-refractivity contribution in [2.75, 3.05) is 26.2 Å². The zero-order valence-corrected chi connectivity index (χ0v) is 15.2. The normalized spacial score (nSPS) is 21.5. The lowest BCUT2D eigenvalue weighted by atomic mass is 10.0. The van der Waals surface area contributed by atoms with Crippen LogP contribution in [0.4, 0.5) is 0 Å². The number of rotatable bonds is 3. The maximum absolute atomic E-state index is 12.5. The third-order valence-corrected chi connectivity index (χ3v) is 5.49. The molecule has 1 saturated heterocycles. The van der Waals surface area contributed by atoms with Gasteiger partial charge < -0.3 is 10.6 Å². The second-order valence-electron chi connectivity index (χ2n) is 5.80. The summed E-state index contributed by atoms with van der Waals surface area (Å²) in [5.41, 5.74) is 7.21. The number of amides is 1. The Hall–Kier alpha value is -0.330. The van der Waals surface area contributed by atoms with Crippen LogP contribution >= 0.6 is 36.2 Å². The lowest BCUT2D eigenvalue weighted by molar-refractivity contribution is -0.136. The second kappa shape index (κ2) is 9.08. The van der Waals surface area contributed by atoms with Crippen molar-refractivity contribution in [2.45, 2.75) is 38.3 Å². The molecule has 2 aliphatic heterocycles. The first-order valence-electron chi connectivity index (χ1n) is 7.55. The molecule has 2 aliphatic rings. The van der Waals surface area contributed by atoms with Crippen LogP contribution in [0.2, 0.25) is 0 Å². The van der Waals surface area contributed by atoms with Crippen molar-refractivity contribution in [3.63, 3.8) is 0 Å². The number of likely N-dealkylation sites (tertiary alicyclic amines) is 1. The number of fused-ring (bicyclic) bond motifs is 1. The van der Waals surface area contributed by atoms with E-state index in [0.717, 1.165) is 38.9 Å². The van der Waals surface area contributed by atoms with Crippen LogP contribution in [0.1, 0.15) is 29.7 Å². The van der Waals surface area contributed by atoms with E-state index < -0.39 is 0 Å². The van der Waals surface area contributed by atoms with Crippen molar-refractivity contribution in [1.29, 1.82) is 0 Å². The van der Waals surface area contributed by atoms with Crippen LogP contribution in [-0.2, 0) is 17.8 Å². The number of nitrogens with two attached hydrogens (primary N) is 1. The fourth-order valence-corrected chi connectivity index (χ4v) is 4.19. The molecule has 0 saturated carbocycles. The minimum Gasteiger partial charge on any atom is -0.337 e. The molecular formula is C15H25Cl2N3OS. The second-order valence-corrected chi connectivity index (χ2v) is 6.80. The average Bonchev–Trinajstić information content (AvgIpc) is 2.94. The topological polar surface area (TPSA) is 49.6 Å². The summed E-state index contributed by atoms with van der Waals surface area (Å²) in [6.45, 7) is 3.95. The van der Waals surface area contributed by atoms with Crippen molar-refractivity contribution in [3.05, 3.63) is 21.9 Å². The number of nitrogens with zero attached hydrogens (tertiary/aromatic N) is 2. The Kier molecular flexibility index (Phi) is 8.14. The van der Waals surface area contributed by atoms with Crippen molar-refractivity contribution < 1.29 is 4.79 Å². The Labute approximate surface area is 148 Å². The summed E-state index contributed by atoms with van der Waals surface area (Å²) in [7, 11) is 0. The van der Waals surface area contributed by atoms with E-state index in [1.165, 1.54) is 16.9 Å². The molecule has 3 heterocycles. The van der Waals surface area contributed by atoms with Crippen LogP contribution in [-0.4, -0.2) is 47.9 Å². The standard InChI is InChI=1S/C15H23N3OS.2ClH/c16-9-13-3-1-2-6-18(13)15(19)11-17-7-4-14-12(10-17)5-8-20-14;;/h5,8,13H,1-4,6-7,9-11,16H2;2*1H. The summed E-state index contributed by atoms with van der Waals surface area (Å²) in [5, 5.41) is 2.16. The molecule has 0 spiro atoms. The molecule has 2 N–H and O–H groups in total. The van der Waals surface area contributed by atoms with Gasteiger partial charge in [-0.25, -0.2) is 0 Å². The zero-order valence-electron chi connectivity index (χ0n) is 12.7. The summed E-state index contributed by atoms with van der Waals surface area (Å²) in [5.74, 6) is 0.263. The summed E-state index contributed by atoms with van der Waals surface area (Å²) < 4.78 is 0. The molecule has 0 aromatic carbocycles. The minimum absolute atomic E-state index is 0. The number of piperidine rings is 1. The van der Waals surface area contributed by atoms with E-state index in [1.54, 1.807) is 0 Å². The highest BCUT2D eigenvalue weighted by atomic mass is 35.5. The van der Waals surface area contributed by atoms with Crippen molar-refractivity contribution in [1.82, 2.24) is 9.80 Å². The minimum atomic E-state index is 0. The van der Waals surface area contributed by atoms with Crippen LogP contribution in [0.3, 0.4) is 0 Å². The lowest BCUT2D eigenvalue weighted by Crippen LogP contribution is -2.51. The fourth-order valence-electron chi connectivity index (χ4n) is 3.30. The van der Waals surface area contributed by atoms with E-state index in [9.17, 15) is 4.79 Å². The van der Waals surface area contributed by atoms with Crippen LogP contribution in [0.25, 0.3) is 0 Å². The predicted molar refractivity (Wildman–Crippen MR) is 96.2 cm³/mol. The Morgan fingerprint density at radius 1 is 1.32 bits per heavy atom. The molecule has 1 atom stereocenters. The van der Waals surface area contributed by atoms with Gasteiger partial charge in [-0.2, -0.15) is 0 Å². The quantitative estimate of drug-likeness (QED) is 0.893.